The smallest absolute Gasteiger partial charge is 0.411 e. The van der Waals surface area contributed by atoms with Crippen LogP contribution < -0.4 is 14.8 Å². The molecule has 1 unspecified atom stereocenters. The first kappa shape index (κ1) is 37.0. The van der Waals surface area contributed by atoms with E-state index in [9.17, 15) is 24.3 Å². The Balaban J connectivity index is 1.41. The van der Waals surface area contributed by atoms with Crippen molar-refractivity contribution in [3.05, 3.63) is 23.9 Å². The second-order valence-corrected chi connectivity index (χ2v) is 14.3. The number of aromatic nitrogens is 2. The van der Waals surface area contributed by atoms with Gasteiger partial charge in [0.1, 0.15) is 35.6 Å². The van der Waals surface area contributed by atoms with E-state index in [0.29, 0.717) is 35.3 Å². The van der Waals surface area contributed by atoms with Crippen LogP contribution in [0.4, 0.5) is 9.59 Å². The first-order chi connectivity index (χ1) is 23.0. The SMILES string of the molecule is COC(=O)[C@@H]1C[C@@H](Oc2nc3cc(OC)ccc3nc2C#CCCCC2C[C@H]2OC(=O)N[C@H](C(=O)O)C(C)(C)C)CN1C(=O)OC(C)(C)C. The molecule has 49 heavy (non-hydrogen) atoms. The van der Waals surface area contributed by atoms with E-state index in [4.69, 9.17) is 23.7 Å². The number of nitrogens with one attached hydrogen (secondary N) is 1. The lowest BCUT2D eigenvalue weighted by Crippen LogP contribution is -2.49. The third-order valence-corrected chi connectivity index (χ3v) is 8.06. The number of amides is 2. The van der Waals surface area contributed by atoms with E-state index < -0.39 is 53.3 Å². The van der Waals surface area contributed by atoms with Gasteiger partial charge in [0.25, 0.3) is 0 Å². The molecule has 2 amide bonds. The molecule has 2 heterocycles. The van der Waals surface area contributed by atoms with Gasteiger partial charge in [-0.1, -0.05) is 26.7 Å². The van der Waals surface area contributed by atoms with Crippen molar-refractivity contribution in [2.75, 3.05) is 20.8 Å². The summed E-state index contributed by atoms with van der Waals surface area (Å²) in [5, 5.41) is 11.9. The predicted octanol–water partition coefficient (Wildman–Crippen LogP) is 4.70. The summed E-state index contributed by atoms with van der Waals surface area (Å²) in [6.07, 6.45) is 0.652. The Morgan fingerprint density at radius 1 is 1.06 bits per heavy atom. The molecule has 5 atom stereocenters. The number of carbonyl (C=O) groups is 4. The van der Waals surface area contributed by atoms with Gasteiger partial charge in [-0.25, -0.2) is 29.1 Å². The summed E-state index contributed by atoms with van der Waals surface area (Å²) < 4.78 is 27.5. The minimum atomic E-state index is -1.11. The van der Waals surface area contributed by atoms with Crippen LogP contribution in [-0.4, -0.2) is 94.8 Å². The van der Waals surface area contributed by atoms with Crippen LogP contribution in [0.15, 0.2) is 18.2 Å². The van der Waals surface area contributed by atoms with Crippen LogP contribution >= 0.6 is 0 Å². The van der Waals surface area contributed by atoms with E-state index in [-0.39, 0.29) is 30.9 Å². The zero-order valence-corrected chi connectivity index (χ0v) is 29.3. The van der Waals surface area contributed by atoms with Crippen molar-refractivity contribution in [2.45, 2.75) is 104 Å². The van der Waals surface area contributed by atoms with Crippen LogP contribution in [0.25, 0.3) is 11.0 Å². The number of alkyl carbamates (subject to hydrolysis) is 1. The summed E-state index contributed by atoms with van der Waals surface area (Å²) in [6.45, 7) is 10.5. The molecule has 0 bridgehead atoms. The lowest BCUT2D eigenvalue weighted by molar-refractivity contribution is -0.145. The summed E-state index contributed by atoms with van der Waals surface area (Å²) in [6, 6.07) is 3.31. The topological polar surface area (TPSA) is 176 Å². The number of methoxy groups -OCH3 is 2. The minimum Gasteiger partial charge on any atom is -0.497 e. The average Bonchev–Trinajstić information content (AvgIpc) is 3.60. The van der Waals surface area contributed by atoms with Gasteiger partial charge in [0.15, 0.2) is 5.69 Å². The molecule has 1 saturated carbocycles. The number of hydrogen-bond acceptors (Lipinski definition) is 11. The molecule has 0 spiro atoms. The van der Waals surface area contributed by atoms with Crippen molar-refractivity contribution < 1.29 is 48.0 Å². The molecule has 14 heteroatoms. The van der Waals surface area contributed by atoms with Crippen LogP contribution in [0.2, 0.25) is 0 Å². The Morgan fingerprint density at radius 2 is 1.80 bits per heavy atom. The number of esters is 1. The van der Waals surface area contributed by atoms with Crippen molar-refractivity contribution in [1.29, 1.82) is 0 Å². The Kier molecular flexibility index (Phi) is 11.5. The average molecular weight is 683 g/mol. The fraction of sp³-hybridized carbons (Fsp3) is 0.600. The van der Waals surface area contributed by atoms with E-state index in [1.54, 1.807) is 66.9 Å². The predicted molar refractivity (Wildman–Crippen MR) is 177 cm³/mol. The van der Waals surface area contributed by atoms with Gasteiger partial charge in [-0.2, -0.15) is 0 Å². The number of benzene rings is 1. The number of hydrogen-bond donors (Lipinski definition) is 2. The minimum absolute atomic E-state index is 0.0647. The van der Waals surface area contributed by atoms with Gasteiger partial charge in [-0.15, -0.1) is 0 Å². The summed E-state index contributed by atoms with van der Waals surface area (Å²) in [5.41, 5.74) is -0.0174. The Morgan fingerprint density at radius 3 is 2.43 bits per heavy atom. The van der Waals surface area contributed by atoms with E-state index in [1.165, 1.54) is 12.0 Å². The van der Waals surface area contributed by atoms with Crippen molar-refractivity contribution in [2.24, 2.45) is 11.3 Å². The van der Waals surface area contributed by atoms with Crippen molar-refractivity contribution in [1.82, 2.24) is 20.2 Å². The molecule has 4 rings (SSSR count). The van der Waals surface area contributed by atoms with Crippen LogP contribution in [0.1, 0.15) is 79.3 Å². The monoisotopic (exact) mass is 682 g/mol. The van der Waals surface area contributed by atoms with E-state index in [2.05, 4.69) is 27.1 Å². The molecule has 0 radical (unpaired) electrons. The Labute approximate surface area is 286 Å². The van der Waals surface area contributed by atoms with Gasteiger partial charge in [0, 0.05) is 18.9 Å². The molecule has 2 aromatic rings. The van der Waals surface area contributed by atoms with E-state index in [0.717, 1.165) is 12.8 Å². The Bertz CT molecular complexity index is 1620. The van der Waals surface area contributed by atoms with Crippen molar-refractivity contribution in [3.63, 3.8) is 0 Å². The summed E-state index contributed by atoms with van der Waals surface area (Å²) in [4.78, 5) is 60.1. The number of likely N-dealkylation sites (tertiary alicyclic amines) is 1. The summed E-state index contributed by atoms with van der Waals surface area (Å²) in [5.74, 6) is 5.44. The van der Waals surface area contributed by atoms with E-state index >= 15 is 0 Å². The molecule has 1 saturated heterocycles. The van der Waals surface area contributed by atoms with Crippen LogP contribution in [-0.2, 0) is 23.8 Å². The highest BCUT2D eigenvalue weighted by Crippen LogP contribution is 2.38. The lowest BCUT2D eigenvalue weighted by Gasteiger charge is -2.27. The molecular formula is C35H46N4O10. The number of carboxylic acids is 1. The second kappa shape index (κ2) is 15.2. The zero-order valence-electron chi connectivity index (χ0n) is 29.3. The highest BCUT2D eigenvalue weighted by molar-refractivity contribution is 5.83. The largest absolute Gasteiger partial charge is 0.497 e. The van der Waals surface area contributed by atoms with Gasteiger partial charge < -0.3 is 34.1 Å². The zero-order chi connectivity index (χ0) is 36.1. The molecule has 14 nitrogen and oxygen atoms in total. The number of ether oxygens (including phenoxy) is 5. The second-order valence-electron chi connectivity index (χ2n) is 14.3. The normalized spacial score (nSPS) is 20.8. The highest BCUT2D eigenvalue weighted by Gasteiger charge is 2.44. The number of carbonyl (C=O) groups excluding carboxylic acids is 3. The fourth-order valence-electron chi connectivity index (χ4n) is 5.44. The standard InChI is InChI=1S/C35H46N4O10/c1-34(2,3)28(30(40)41)38-32(43)48-27-16-20(27)12-10-9-11-13-24-29(37-25-17-21(45-7)14-15-23(25)36-24)47-22-18-26(31(42)46-8)39(19-22)33(44)49-35(4,5)6/h14-15,17,20,22,26-28H,9-10,12,16,18-19H2,1-8H3,(H,38,43)(H,40,41)/t20?,22-,26+,27-,28-/m1/s1. The molecule has 2 N–H and O–H groups in total. The maximum atomic E-state index is 13.0. The third kappa shape index (κ3) is 10.1. The Hall–Kier alpha value is -4.80. The first-order valence-electron chi connectivity index (χ1n) is 16.3. The number of nitrogens with zero attached hydrogens (tertiary/aromatic N) is 3. The number of fused-ring (bicyclic) bond motifs is 1. The number of rotatable bonds is 10. The van der Waals surface area contributed by atoms with Crippen LogP contribution in [0, 0.1) is 23.2 Å². The first-order valence-corrected chi connectivity index (χ1v) is 16.3. The van der Waals surface area contributed by atoms with Crippen molar-refractivity contribution in [3.8, 4) is 23.5 Å². The maximum absolute atomic E-state index is 13.0. The van der Waals surface area contributed by atoms with Crippen LogP contribution in [0.3, 0.4) is 0 Å². The van der Waals surface area contributed by atoms with Crippen molar-refractivity contribution >= 4 is 35.2 Å². The van der Waals surface area contributed by atoms with Gasteiger partial charge in [-0.3, -0.25) is 4.90 Å². The van der Waals surface area contributed by atoms with E-state index in [1.807, 2.05) is 0 Å². The number of unbranched alkanes of at least 4 members (excludes halogenated alkanes) is 1. The maximum Gasteiger partial charge on any atom is 0.411 e. The molecule has 1 aliphatic heterocycles. The molecule has 266 valence electrons. The quantitative estimate of drug-likeness (QED) is 0.153. The van der Waals surface area contributed by atoms with Gasteiger partial charge in [0.2, 0.25) is 5.88 Å². The molecule has 1 aliphatic carbocycles. The fourth-order valence-corrected chi connectivity index (χ4v) is 5.44. The summed E-state index contributed by atoms with van der Waals surface area (Å²) >= 11 is 0. The van der Waals surface area contributed by atoms with Gasteiger partial charge in [-0.05, 0) is 69.4 Å². The lowest BCUT2D eigenvalue weighted by atomic mass is 9.87. The number of carboxylic acid groups (broad SMARTS) is 1. The highest BCUT2D eigenvalue weighted by atomic mass is 16.6. The molecule has 2 fully saturated rings. The van der Waals surface area contributed by atoms with Crippen LogP contribution in [0.5, 0.6) is 11.6 Å². The third-order valence-electron chi connectivity index (χ3n) is 8.06. The molecular weight excluding hydrogens is 636 g/mol. The number of aliphatic carboxylic acids is 1. The molecule has 2 aliphatic rings. The summed E-state index contributed by atoms with van der Waals surface area (Å²) in [7, 11) is 2.81. The van der Waals surface area contributed by atoms with Gasteiger partial charge in [0.05, 0.1) is 31.8 Å². The molecule has 1 aromatic heterocycles. The molecule has 1 aromatic carbocycles. The van der Waals surface area contributed by atoms with Gasteiger partial charge >= 0.3 is 24.1 Å².